The van der Waals surface area contributed by atoms with E-state index in [2.05, 4.69) is 5.32 Å². The van der Waals surface area contributed by atoms with Crippen molar-refractivity contribution in [3.63, 3.8) is 0 Å². The van der Waals surface area contributed by atoms with Crippen LogP contribution >= 0.6 is 11.3 Å². The number of hydrogen-bond acceptors (Lipinski definition) is 4. The van der Waals surface area contributed by atoms with E-state index in [0.717, 1.165) is 21.6 Å². The van der Waals surface area contributed by atoms with Gasteiger partial charge in [-0.15, -0.1) is 11.3 Å². The van der Waals surface area contributed by atoms with Crippen LogP contribution in [-0.2, 0) is 9.59 Å². The summed E-state index contributed by atoms with van der Waals surface area (Å²) in [5, 5.41) is 12.6. The summed E-state index contributed by atoms with van der Waals surface area (Å²) < 4.78 is 0. The molecule has 0 saturated carbocycles. The topological polar surface area (TPSA) is 109 Å². The number of primary amides is 1. The average molecular weight is 350 g/mol. The molecule has 6 nitrogen and oxygen atoms in total. The van der Waals surface area contributed by atoms with Crippen LogP contribution in [0.15, 0.2) is 11.1 Å². The summed E-state index contributed by atoms with van der Waals surface area (Å²) in [5.41, 5.74) is 8.52. The zero-order chi connectivity index (χ0) is 18.2. The SMILES string of the molecule is CC1=C(C)C[C@@H](C(=O)Nc2sc(C)c(C)c2C(N)=O)[C@H](C(=O)O)C1. The number of allylic oxidation sites excluding steroid dienone is 2. The van der Waals surface area contributed by atoms with Gasteiger partial charge in [-0.3, -0.25) is 14.4 Å². The Labute approximate surface area is 144 Å². The molecule has 4 N–H and O–H groups in total. The Kier molecular flexibility index (Phi) is 5.13. The number of carbonyl (C=O) groups excluding carboxylic acids is 2. The van der Waals surface area contributed by atoms with Crippen molar-refractivity contribution in [3.05, 3.63) is 27.2 Å². The van der Waals surface area contributed by atoms with Crippen LogP contribution in [0.3, 0.4) is 0 Å². The summed E-state index contributed by atoms with van der Waals surface area (Å²) in [5.74, 6) is -3.37. The first kappa shape index (κ1) is 18.2. The number of anilines is 1. The Balaban J connectivity index is 2.31. The highest BCUT2D eigenvalue weighted by Crippen LogP contribution is 2.37. The van der Waals surface area contributed by atoms with Gasteiger partial charge in [-0.1, -0.05) is 11.1 Å². The summed E-state index contributed by atoms with van der Waals surface area (Å²) in [4.78, 5) is 36.8. The minimum Gasteiger partial charge on any atom is -0.481 e. The molecule has 0 aromatic carbocycles. The molecule has 2 atom stereocenters. The van der Waals surface area contributed by atoms with Gasteiger partial charge in [0, 0.05) is 4.88 Å². The third kappa shape index (κ3) is 3.36. The molecule has 2 rings (SSSR count). The van der Waals surface area contributed by atoms with Gasteiger partial charge in [-0.2, -0.15) is 0 Å². The van der Waals surface area contributed by atoms with Gasteiger partial charge in [0.05, 0.1) is 17.4 Å². The number of hydrogen-bond donors (Lipinski definition) is 3. The fourth-order valence-corrected chi connectivity index (χ4v) is 4.11. The average Bonchev–Trinajstić information content (AvgIpc) is 2.75. The van der Waals surface area contributed by atoms with Crippen molar-refractivity contribution >= 4 is 34.1 Å². The second-order valence-electron chi connectivity index (χ2n) is 6.36. The van der Waals surface area contributed by atoms with Crippen LogP contribution in [0.1, 0.15) is 47.5 Å². The van der Waals surface area contributed by atoms with Crippen LogP contribution in [0, 0.1) is 25.7 Å². The number of thiophene rings is 1. The molecule has 0 aliphatic heterocycles. The van der Waals surface area contributed by atoms with Gasteiger partial charge in [0.1, 0.15) is 5.00 Å². The first-order valence-electron chi connectivity index (χ1n) is 7.72. The standard InChI is InChI=1S/C17H22N2O4S/c1-7-5-11(12(17(22)23)6-8(7)2)15(21)19-16-13(14(18)20)9(3)10(4)24-16/h11-12H,5-6H2,1-4H3,(H2,18,20)(H,19,21)(H,22,23)/t11-,12-/m1/s1. The Morgan fingerprint density at radius 1 is 1.08 bits per heavy atom. The molecule has 0 unspecified atom stereocenters. The van der Waals surface area contributed by atoms with Crippen LogP contribution in [0.4, 0.5) is 5.00 Å². The van der Waals surface area contributed by atoms with E-state index >= 15 is 0 Å². The highest BCUT2D eigenvalue weighted by atomic mass is 32.1. The number of aryl methyl sites for hydroxylation is 1. The Morgan fingerprint density at radius 3 is 2.12 bits per heavy atom. The third-order valence-corrected chi connectivity index (χ3v) is 5.91. The molecule has 130 valence electrons. The fourth-order valence-electron chi connectivity index (χ4n) is 3.04. The number of nitrogens with one attached hydrogen (secondary N) is 1. The lowest BCUT2D eigenvalue weighted by atomic mass is 9.76. The maximum Gasteiger partial charge on any atom is 0.307 e. The first-order chi connectivity index (χ1) is 11.1. The first-order valence-corrected chi connectivity index (χ1v) is 8.53. The largest absolute Gasteiger partial charge is 0.481 e. The van der Waals surface area contributed by atoms with E-state index in [1.165, 1.54) is 11.3 Å². The van der Waals surface area contributed by atoms with E-state index in [0.29, 0.717) is 23.4 Å². The second kappa shape index (κ2) is 6.76. The van der Waals surface area contributed by atoms with Crippen molar-refractivity contribution in [1.82, 2.24) is 0 Å². The third-order valence-electron chi connectivity index (χ3n) is 4.79. The monoisotopic (exact) mass is 350 g/mol. The zero-order valence-electron chi connectivity index (χ0n) is 14.2. The molecular formula is C17H22N2O4S. The minimum atomic E-state index is -0.976. The second-order valence-corrected chi connectivity index (χ2v) is 7.59. The van der Waals surface area contributed by atoms with Gasteiger partial charge in [0.25, 0.3) is 5.91 Å². The maximum absolute atomic E-state index is 12.7. The molecule has 0 fully saturated rings. The van der Waals surface area contributed by atoms with Crippen LogP contribution < -0.4 is 11.1 Å². The van der Waals surface area contributed by atoms with E-state index in [1.54, 1.807) is 6.92 Å². The molecule has 1 aliphatic carbocycles. The fraction of sp³-hybridized carbons (Fsp3) is 0.471. The summed E-state index contributed by atoms with van der Waals surface area (Å²) in [6.45, 7) is 7.44. The predicted octanol–water partition coefficient (Wildman–Crippen LogP) is 2.85. The van der Waals surface area contributed by atoms with Crippen molar-refractivity contribution in [2.24, 2.45) is 17.6 Å². The van der Waals surface area contributed by atoms with E-state index in [1.807, 2.05) is 20.8 Å². The molecule has 24 heavy (non-hydrogen) atoms. The summed E-state index contributed by atoms with van der Waals surface area (Å²) >= 11 is 1.28. The van der Waals surface area contributed by atoms with E-state index < -0.39 is 23.7 Å². The lowest BCUT2D eigenvalue weighted by molar-refractivity contribution is -0.146. The Bertz CT molecular complexity index is 748. The zero-order valence-corrected chi connectivity index (χ0v) is 15.0. The van der Waals surface area contributed by atoms with Crippen LogP contribution in [0.5, 0.6) is 0 Å². The van der Waals surface area contributed by atoms with Gasteiger partial charge in [0.15, 0.2) is 0 Å². The van der Waals surface area contributed by atoms with E-state index in [9.17, 15) is 19.5 Å². The number of amides is 2. The smallest absolute Gasteiger partial charge is 0.307 e. The lowest BCUT2D eigenvalue weighted by Crippen LogP contribution is -2.36. The minimum absolute atomic E-state index is 0.303. The van der Waals surface area contributed by atoms with Gasteiger partial charge in [0.2, 0.25) is 5.91 Å². The quantitative estimate of drug-likeness (QED) is 0.725. The number of rotatable bonds is 4. The predicted molar refractivity (Wildman–Crippen MR) is 93.2 cm³/mol. The Morgan fingerprint density at radius 2 is 1.62 bits per heavy atom. The molecule has 1 aliphatic rings. The van der Waals surface area contributed by atoms with Gasteiger partial charge >= 0.3 is 5.97 Å². The van der Waals surface area contributed by atoms with Gasteiger partial charge in [-0.25, -0.2) is 0 Å². The number of aliphatic carboxylic acids is 1. The maximum atomic E-state index is 12.7. The summed E-state index contributed by atoms with van der Waals surface area (Å²) in [6, 6.07) is 0. The van der Waals surface area contributed by atoms with Gasteiger partial charge < -0.3 is 16.2 Å². The van der Waals surface area contributed by atoms with E-state index in [4.69, 9.17) is 5.73 Å². The lowest BCUT2D eigenvalue weighted by Gasteiger charge is -2.29. The molecule has 7 heteroatoms. The van der Waals surface area contributed by atoms with Crippen LogP contribution in [0.2, 0.25) is 0 Å². The molecule has 1 aromatic heterocycles. The van der Waals surface area contributed by atoms with E-state index in [-0.39, 0.29) is 5.91 Å². The molecule has 0 bridgehead atoms. The van der Waals surface area contributed by atoms with Crippen molar-refractivity contribution < 1.29 is 19.5 Å². The highest BCUT2D eigenvalue weighted by Gasteiger charge is 2.37. The molecule has 1 heterocycles. The number of nitrogens with two attached hydrogens (primary N) is 1. The van der Waals surface area contributed by atoms with Crippen LogP contribution in [0.25, 0.3) is 0 Å². The van der Waals surface area contributed by atoms with Crippen molar-refractivity contribution in [2.45, 2.75) is 40.5 Å². The molecular weight excluding hydrogens is 328 g/mol. The number of carbonyl (C=O) groups is 3. The van der Waals surface area contributed by atoms with Crippen molar-refractivity contribution in [3.8, 4) is 0 Å². The normalized spacial score (nSPS) is 20.8. The van der Waals surface area contributed by atoms with Crippen molar-refractivity contribution in [2.75, 3.05) is 5.32 Å². The molecule has 0 spiro atoms. The summed E-state index contributed by atoms with van der Waals surface area (Å²) in [7, 11) is 0. The van der Waals surface area contributed by atoms with Crippen LogP contribution in [-0.4, -0.2) is 22.9 Å². The molecule has 2 amide bonds. The van der Waals surface area contributed by atoms with Crippen molar-refractivity contribution in [1.29, 1.82) is 0 Å². The number of carboxylic acids is 1. The molecule has 1 aromatic rings. The Hall–Kier alpha value is -2.15. The molecule has 0 saturated heterocycles. The summed E-state index contributed by atoms with van der Waals surface area (Å²) in [6.07, 6.45) is 0.772. The molecule has 0 radical (unpaired) electrons. The van der Waals surface area contributed by atoms with Gasteiger partial charge in [-0.05, 0) is 46.1 Å². The highest BCUT2D eigenvalue weighted by molar-refractivity contribution is 7.16. The number of carboxylic acid groups (broad SMARTS) is 1.